The van der Waals surface area contributed by atoms with Crippen LogP contribution < -0.4 is 4.72 Å². The maximum Gasteiger partial charge on any atom is 0.242 e. The molecule has 1 aliphatic rings. The van der Waals surface area contributed by atoms with E-state index < -0.39 is 10.0 Å². The molecule has 6 heteroatoms. The summed E-state index contributed by atoms with van der Waals surface area (Å²) in [5, 5.41) is 9.35. The van der Waals surface area contributed by atoms with Crippen molar-refractivity contribution in [3.63, 3.8) is 0 Å². The predicted molar refractivity (Wildman–Crippen MR) is 77.9 cm³/mol. The van der Waals surface area contributed by atoms with Gasteiger partial charge in [-0.15, -0.1) is 0 Å². The molecule has 20 heavy (non-hydrogen) atoms. The first-order valence-electron chi connectivity index (χ1n) is 7.13. The second kappa shape index (κ2) is 5.50. The van der Waals surface area contributed by atoms with Gasteiger partial charge in [0.15, 0.2) is 0 Å². The molecule has 114 valence electrons. The van der Waals surface area contributed by atoms with Crippen molar-refractivity contribution in [1.29, 1.82) is 0 Å². The summed E-state index contributed by atoms with van der Waals surface area (Å²) >= 11 is 0. The zero-order valence-corrected chi connectivity index (χ0v) is 13.2. The van der Waals surface area contributed by atoms with E-state index in [9.17, 15) is 13.5 Å². The lowest BCUT2D eigenvalue weighted by atomic mass is 10.0. The van der Waals surface area contributed by atoms with Crippen LogP contribution in [0.15, 0.2) is 17.2 Å². The first kappa shape index (κ1) is 15.5. The predicted octanol–water partition coefficient (Wildman–Crippen LogP) is 2.17. The van der Waals surface area contributed by atoms with Crippen LogP contribution in [0.5, 0.6) is 0 Å². The quantitative estimate of drug-likeness (QED) is 0.875. The Bertz CT molecular complexity index is 569. The van der Waals surface area contributed by atoms with E-state index in [4.69, 9.17) is 0 Å². The highest BCUT2D eigenvalue weighted by atomic mass is 32.2. The molecule has 0 bridgehead atoms. The van der Waals surface area contributed by atoms with E-state index in [1.54, 1.807) is 16.8 Å². The Hall–Kier alpha value is -0.850. The van der Waals surface area contributed by atoms with Crippen molar-refractivity contribution in [2.24, 2.45) is 0 Å². The van der Waals surface area contributed by atoms with E-state index >= 15 is 0 Å². The number of rotatable bonds is 5. The SMILES string of the molecule is CC(C)n1cc(S(=O)(=O)NC2(C)CCCC2)cc1CO. The molecule has 1 aliphatic carbocycles. The van der Waals surface area contributed by atoms with Crippen molar-refractivity contribution < 1.29 is 13.5 Å². The maximum atomic E-state index is 12.5. The van der Waals surface area contributed by atoms with Gasteiger partial charge in [0.2, 0.25) is 10.0 Å². The van der Waals surface area contributed by atoms with Gasteiger partial charge in [-0.1, -0.05) is 12.8 Å². The molecule has 0 aromatic carbocycles. The molecule has 0 spiro atoms. The first-order chi connectivity index (χ1) is 9.27. The van der Waals surface area contributed by atoms with Crippen LogP contribution in [0.25, 0.3) is 0 Å². The van der Waals surface area contributed by atoms with Gasteiger partial charge in [-0.2, -0.15) is 0 Å². The number of sulfonamides is 1. The Kier molecular flexibility index (Phi) is 4.27. The van der Waals surface area contributed by atoms with Crippen LogP contribution in [-0.4, -0.2) is 23.6 Å². The molecule has 1 aromatic heterocycles. The van der Waals surface area contributed by atoms with Crippen molar-refractivity contribution in [3.05, 3.63) is 18.0 Å². The average Bonchev–Trinajstić information content (AvgIpc) is 2.94. The number of nitrogens with zero attached hydrogens (tertiary/aromatic N) is 1. The van der Waals surface area contributed by atoms with E-state index in [0.29, 0.717) is 5.69 Å². The summed E-state index contributed by atoms with van der Waals surface area (Å²) in [7, 11) is -3.53. The fraction of sp³-hybridized carbons (Fsp3) is 0.714. The third-order valence-corrected chi connectivity index (χ3v) is 5.63. The molecular weight excluding hydrogens is 276 g/mol. The van der Waals surface area contributed by atoms with Crippen LogP contribution in [0.2, 0.25) is 0 Å². The minimum atomic E-state index is -3.53. The van der Waals surface area contributed by atoms with Crippen LogP contribution in [0.4, 0.5) is 0 Å². The average molecular weight is 300 g/mol. The summed E-state index contributed by atoms with van der Waals surface area (Å²) in [6.07, 6.45) is 5.49. The normalized spacial score (nSPS) is 18.9. The summed E-state index contributed by atoms with van der Waals surface area (Å²) < 4.78 is 29.6. The number of hydrogen-bond donors (Lipinski definition) is 2. The summed E-state index contributed by atoms with van der Waals surface area (Å²) in [4.78, 5) is 0.239. The first-order valence-corrected chi connectivity index (χ1v) is 8.61. The van der Waals surface area contributed by atoms with Gasteiger partial charge in [-0.05, 0) is 39.7 Å². The van der Waals surface area contributed by atoms with Crippen LogP contribution in [-0.2, 0) is 16.6 Å². The minimum Gasteiger partial charge on any atom is -0.390 e. The molecule has 2 rings (SSSR count). The Labute approximate surface area is 121 Å². The Morgan fingerprint density at radius 2 is 2.00 bits per heavy atom. The molecule has 0 saturated heterocycles. The summed E-state index contributed by atoms with van der Waals surface area (Å²) in [5.74, 6) is 0. The van der Waals surface area contributed by atoms with Gasteiger partial charge < -0.3 is 9.67 Å². The summed E-state index contributed by atoms with van der Waals surface area (Å²) in [6.45, 7) is 5.72. The maximum absolute atomic E-state index is 12.5. The largest absolute Gasteiger partial charge is 0.390 e. The zero-order valence-electron chi connectivity index (χ0n) is 12.4. The molecular formula is C14H24N2O3S. The van der Waals surface area contributed by atoms with E-state index in [-0.39, 0.29) is 23.1 Å². The number of aliphatic hydroxyl groups is 1. The van der Waals surface area contributed by atoms with Crippen LogP contribution >= 0.6 is 0 Å². The molecule has 0 amide bonds. The Balaban J connectivity index is 2.30. The molecule has 1 fully saturated rings. The van der Waals surface area contributed by atoms with Crippen LogP contribution in [0, 0.1) is 0 Å². The zero-order chi connectivity index (χ0) is 15.0. The van der Waals surface area contributed by atoms with Gasteiger partial charge in [0.1, 0.15) is 4.90 Å². The molecule has 0 aliphatic heterocycles. The molecule has 0 radical (unpaired) electrons. The number of aliphatic hydroxyl groups excluding tert-OH is 1. The van der Waals surface area contributed by atoms with Gasteiger partial charge in [0, 0.05) is 23.5 Å². The van der Waals surface area contributed by atoms with Gasteiger partial charge in [-0.25, -0.2) is 13.1 Å². The lowest BCUT2D eigenvalue weighted by Gasteiger charge is -2.24. The number of nitrogens with one attached hydrogen (secondary N) is 1. The molecule has 5 nitrogen and oxygen atoms in total. The van der Waals surface area contributed by atoms with Crippen molar-refractivity contribution in [2.45, 2.75) is 69.5 Å². The van der Waals surface area contributed by atoms with Crippen molar-refractivity contribution in [3.8, 4) is 0 Å². The van der Waals surface area contributed by atoms with Crippen LogP contribution in [0.3, 0.4) is 0 Å². The highest BCUT2D eigenvalue weighted by Gasteiger charge is 2.34. The van der Waals surface area contributed by atoms with E-state index in [0.717, 1.165) is 25.7 Å². The summed E-state index contributed by atoms with van der Waals surface area (Å²) in [6, 6.07) is 1.67. The van der Waals surface area contributed by atoms with E-state index in [1.807, 2.05) is 20.8 Å². The van der Waals surface area contributed by atoms with Crippen molar-refractivity contribution >= 4 is 10.0 Å². The second-order valence-corrected chi connectivity index (χ2v) is 7.88. The van der Waals surface area contributed by atoms with Gasteiger partial charge in [-0.3, -0.25) is 0 Å². The molecule has 1 heterocycles. The molecule has 0 atom stereocenters. The fourth-order valence-electron chi connectivity index (χ4n) is 2.89. The standard InChI is InChI=1S/C14H24N2O3S/c1-11(2)16-9-13(8-12(16)10-17)20(18,19)15-14(3)6-4-5-7-14/h8-9,11,15,17H,4-7,10H2,1-3H3. The Morgan fingerprint density at radius 3 is 2.45 bits per heavy atom. The third kappa shape index (κ3) is 3.07. The molecule has 0 unspecified atom stereocenters. The third-order valence-electron chi connectivity index (χ3n) is 4.02. The second-order valence-electron chi connectivity index (χ2n) is 6.20. The Morgan fingerprint density at radius 1 is 1.40 bits per heavy atom. The monoisotopic (exact) mass is 300 g/mol. The molecule has 2 N–H and O–H groups in total. The van der Waals surface area contributed by atoms with E-state index in [2.05, 4.69) is 4.72 Å². The van der Waals surface area contributed by atoms with Crippen molar-refractivity contribution in [2.75, 3.05) is 0 Å². The number of hydrogen-bond acceptors (Lipinski definition) is 3. The highest BCUT2D eigenvalue weighted by molar-refractivity contribution is 7.89. The minimum absolute atomic E-state index is 0.114. The van der Waals surface area contributed by atoms with Crippen molar-refractivity contribution in [1.82, 2.24) is 9.29 Å². The fourth-order valence-corrected chi connectivity index (χ4v) is 4.41. The smallest absolute Gasteiger partial charge is 0.242 e. The molecule has 1 saturated carbocycles. The number of aromatic nitrogens is 1. The lowest BCUT2D eigenvalue weighted by molar-refractivity contribution is 0.268. The van der Waals surface area contributed by atoms with Gasteiger partial charge >= 0.3 is 0 Å². The lowest BCUT2D eigenvalue weighted by Crippen LogP contribution is -2.43. The summed E-state index contributed by atoms with van der Waals surface area (Å²) in [5.41, 5.74) is 0.287. The van der Waals surface area contributed by atoms with Gasteiger partial charge in [0.05, 0.1) is 6.61 Å². The highest BCUT2D eigenvalue weighted by Crippen LogP contribution is 2.31. The topological polar surface area (TPSA) is 71.3 Å². The van der Waals surface area contributed by atoms with E-state index in [1.165, 1.54) is 0 Å². The van der Waals surface area contributed by atoms with Gasteiger partial charge in [0.25, 0.3) is 0 Å². The van der Waals surface area contributed by atoms with Crippen LogP contribution in [0.1, 0.15) is 58.2 Å². The molecule has 1 aromatic rings.